The van der Waals surface area contributed by atoms with Crippen molar-refractivity contribution >= 4 is 11.6 Å². The lowest BCUT2D eigenvalue weighted by Gasteiger charge is -2.10. The number of anilines is 1. The average molecular weight is 297 g/mol. The fourth-order valence-corrected chi connectivity index (χ4v) is 1.82. The molecular weight excluding hydrogens is 286 g/mol. The summed E-state index contributed by atoms with van der Waals surface area (Å²) < 4.78 is 50.2. The third-order valence-corrected chi connectivity index (χ3v) is 2.90. The zero-order chi connectivity index (χ0) is 15.6. The average Bonchev–Trinajstić information content (AvgIpc) is 2.38. The van der Waals surface area contributed by atoms with Crippen LogP contribution in [0.2, 0.25) is 0 Å². The summed E-state index contributed by atoms with van der Waals surface area (Å²) in [5, 5.41) is 2.47. The highest BCUT2D eigenvalue weighted by Crippen LogP contribution is 2.29. The van der Waals surface area contributed by atoms with E-state index < -0.39 is 23.5 Å². The van der Waals surface area contributed by atoms with Crippen LogP contribution in [0.3, 0.4) is 0 Å². The van der Waals surface area contributed by atoms with Crippen LogP contribution in [0.4, 0.5) is 23.2 Å². The molecule has 0 saturated carbocycles. The van der Waals surface area contributed by atoms with E-state index in [4.69, 9.17) is 0 Å². The van der Waals surface area contributed by atoms with Gasteiger partial charge in [-0.1, -0.05) is 0 Å². The lowest BCUT2D eigenvalue weighted by atomic mass is 10.1. The number of halogens is 4. The fourth-order valence-electron chi connectivity index (χ4n) is 1.82. The number of hydrogen-bond donors (Lipinski definition) is 1. The highest BCUT2D eigenvalue weighted by atomic mass is 19.4. The van der Waals surface area contributed by atoms with Gasteiger partial charge < -0.3 is 5.32 Å². The van der Waals surface area contributed by atoms with Gasteiger partial charge in [0.2, 0.25) is 0 Å². The van der Waals surface area contributed by atoms with E-state index in [2.05, 4.69) is 5.32 Å². The molecule has 0 spiro atoms. The summed E-state index contributed by atoms with van der Waals surface area (Å²) in [4.78, 5) is 12.0. The van der Waals surface area contributed by atoms with Crippen LogP contribution in [0.15, 0.2) is 42.5 Å². The highest BCUT2D eigenvalue weighted by Gasteiger charge is 2.30. The van der Waals surface area contributed by atoms with Gasteiger partial charge >= 0.3 is 6.18 Å². The Bertz CT molecular complexity index is 662. The lowest BCUT2D eigenvalue weighted by Crippen LogP contribution is -2.14. The minimum Gasteiger partial charge on any atom is -0.322 e. The number of rotatable bonds is 2. The number of benzene rings is 2. The van der Waals surface area contributed by atoms with Crippen molar-refractivity contribution in [2.45, 2.75) is 13.1 Å². The smallest absolute Gasteiger partial charge is 0.322 e. The van der Waals surface area contributed by atoms with E-state index in [1.807, 2.05) is 0 Å². The van der Waals surface area contributed by atoms with Gasteiger partial charge in [0.15, 0.2) is 0 Å². The van der Waals surface area contributed by atoms with E-state index in [9.17, 15) is 22.4 Å². The molecule has 0 unspecified atom stereocenters. The fraction of sp³-hybridized carbons (Fsp3) is 0.133. The van der Waals surface area contributed by atoms with E-state index in [1.54, 1.807) is 6.92 Å². The van der Waals surface area contributed by atoms with E-state index >= 15 is 0 Å². The lowest BCUT2D eigenvalue weighted by molar-refractivity contribution is -0.137. The molecule has 0 aliphatic heterocycles. The number of carbonyl (C=O) groups excluding carboxylic acids is 1. The molecule has 0 atom stereocenters. The van der Waals surface area contributed by atoms with Crippen LogP contribution >= 0.6 is 0 Å². The second-order valence-electron chi connectivity index (χ2n) is 4.49. The first kappa shape index (κ1) is 15.0. The van der Waals surface area contributed by atoms with Gasteiger partial charge in [-0.3, -0.25) is 4.79 Å². The van der Waals surface area contributed by atoms with Gasteiger partial charge in [-0.25, -0.2) is 4.39 Å². The quantitative estimate of drug-likeness (QED) is 0.818. The SMILES string of the molecule is Cc1cc(F)ccc1C(=O)Nc1ccc(C(F)(F)F)cc1. The number of alkyl halides is 3. The van der Waals surface area contributed by atoms with Gasteiger partial charge in [-0.15, -0.1) is 0 Å². The van der Waals surface area contributed by atoms with Crippen LogP contribution in [0, 0.1) is 12.7 Å². The van der Waals surface area contributed by atoms with Crippen molar-refractivity contribution in [3.05, 3.63) is 65.0 Å². The predicted molar refractivity (Wildman–Crippen MR) is 70.5 cm³/mol. The van der Waals surface area contributed by atoms with Gasteiger partial charge in [-0.05, 0) is 55.0 Å². The number of aryl methyl sites for hydroxylation is 1. The van der Waals surface area contributed by atoms with Crippen molar-refractivity contribution in [3.63, 3.8) is 0 Å². The number of nitrogens with one attached hydrogen (secondary N) is 1. The third-order valence-electron chi connectivity index (χ3n) is 2.90. The Hall–Kier alpha value is -2.37. The Labute approximate surface area is 118 Å². The summed E-state index contributed by atoms with van der Waals surface area (Å²) >= 11 is 0. The second kappa shape index (κ2) is 5.55. The summed E-state index contributed by atoms with van der Waals surface area (Å²) in [6.45, 7) is 1.57. The van der Waals surface area contributed by atoms with E-state index in [1.165, 1.54) is 24.3 Å². The summed E-state index contributed by atoms with van der Waals surface area (Å²) in [6.07, 6.45) is -4.42. The first-order valence-electron chi connectivity index (χ1n) is 6.02. The van der Waals surface area contributed by atoms with Crippen LogP contribution in [-0.4, -0.2) is 5.91 Å². The molecule has 0 heterocycles. The maximum atomic E-state index is 13.0. The number of hydrogen-bond acceptors (Lipinski definition) is 1. The second-order valence-corrected chi connectivity index (χ2v) is 4.49. The summed E-state index contributed by atoms with van der Waals surface area (Å²) in [6, 6.07) is 7.78. The first-order chi connectivity index (χ1) is 9.77. The normalized spacial score (nSPS) is 11.3. The molecule has 0 saturated heterocycles. The van der Waals surface area contributed by atoms with Crippen LogP contribution < -0.4 is 5.32 Å². The maximum absolute atomic E-state index is 13.0. The van der Waals surface area contributed by atoms with E-state index in [0.29, 0.717) is 5.56 Å². The molecular formula is C15H11F4NO. The molecule has 1 amide bonds. The molecule has 6 heteroatoms. The zero-order valence-corrected chi connectivity index (χ0v) is 11.0. The molecule has 2 aromatic rings. The number of carbonyl (C=O) groups is 1. The standard InChI is InChI=1S/C15H11F4NO/c1-9-8-11(16)4-7-13(9)14(21)20-12-5-2-10(3-6-12)15(17,18)19/h2-8H,1H3,(H,20,21). The Kier molecular flexibility index (Phi) is 3.97. The van der Waals surface area contributed by atoms with Crippen LogP contribution in [0.1, 0.15) is 21.5 Å². The molecule has 0 aliphatic carbocycles. The van der Waals surface area contributed by atoms with E-state index in [0.717, 1.165) is 18.2 Å². The molecule has 0 aromatic heterocycles. The van der Waals surface area contributed by atoms with Gasteiger partial charge in [0.1, 0.15) is 5.82 Å². The minimum atomic E-state index is -4.42. The molecule has 2 rings (SSSR count). The van der Waals surface area contributed by atoms with Crippen molar-refractivity contribution in [3.8, 4) is 0 Å². The molecule has 0 fully saturated rings. The van der Waals surface area contributed by atoms with Crippen molar-refractivity contribution in [1.29, 1.82) is 0 Å². The molecule has 1 N–H and O–H groups in total. The van der Waals surface area contributed by atoms with Gasteiger partial charge in [-0.2, -0.15) is 13.2 Å². The van der Waals surface area contributed by atoms with E-state index in [-0.39, 0.29) is 11.3 Å². The van der Waals surface area contributed by atoms with Gasteiger partial charge in [0.05, 0.1) is 5.56 Å². The monoisotopic (exact) mass is 297 g/mol. The largest absolute Gasteiger partial charge is 0.416 e. The Morgan fingerprint density at radius 2 is 1.67 bits per heavy atom. The molecule has 2 aromatic carbocycles. The van der Waals surface area contributed by atoms with Crippen molar-refractivity contribution in [1.82, 2.24) is 0 Å². The zero-order valence-electron chi connectivity index (χ0n) is 11.0. The summed E-state index contributed by atoms with van der Waals surface area (Å²) in [7, 11) is 0. The molecule has 0 bridgehead atoms. The molecule has 21 heavy (non-hydrogen) atoms. The predicted octanol–water partition coefficient (Wildman–Crippen LogP) is 4.41. The third kappa shape index (κ3) is 3.59. The Morgan fingerprint density at radius 1 is 1.05 bits per heavy atom. The van der Waals surface area contributed by atoms with Crippen molar-refractivity contribution in [2.24, 2.45) is 0 Å². The summed E-state index contributed by atoms with van der Waals surface area (Å²) in [5.74, 6) is -0.967. The van der Waals surface area contributed by atoms with Gasteiger partial charge in [0, 0.05) is 11.3 Å². The van der Waals surface area contributed by atoms with Crippen LogP contribution in [-0.2, 0) is 6.18 Å². The maximum Gasteiger partial charge on any atom is 0.416 e. The highest BCUT2D eigenvalue weighted by molar-refractivity contribution is 6.05. The van der Waals surface area contributed by atoms with Crippen molar-refractivity contribution < 1.29 is 22.4 Å². The molecule has 0 aliphatic rings. The Morgan fingerprint density at radius 3 is 2.19 bits per heavy atom. The molecule has 0 radical (unpaired) electrons. The van der Waals surface area contributed by atoms with Gasteiger partial charge in [0.25, 0.3) is 5.91 Å². The number of amides is 1. The summed E-state index contributed by atoms with van der Waals surface area (Å²) in [5.41, 5.74) is 0.144. The van der Waals surface area contributed by atoms with Crippen LogP contribution in [0.25, 0.3) is 0 Å². The molecule has 110 valence electrons. The van der Waals surface area contributed by atoms with Crippen molar-refractivity contribution in [2.75, 3.05) is 5.32 Å². The topological polar surface area (TPSA) is 29.1 Å². The Balaban J connectivity index is 2.16. The van der Waals surface area contributed by atoms with Crippen LogP contribution in [0.5, 0.6) is 0 Å². The molecule has 2 nitrogen and oxygen atoms in total. The first-order valence-corrected chi connectivity index (χ1v) is 6.02. The minimum absolute atomic E-state index is 0.233.